The lowest BCUT2D eigenvalue weighted by Crippen LogP contribution is -2.41. The molecule has 0 N–H and O–H groups in total. The topological polar surface area (TPSA) is 73.0 Å². The van der Waals surface area contributed by atoms with Crippen LogP contribution in [0.3, 0.4) is 0 Å². The van der Waals surface area contributed by atoms with Crippen LogP contribution >= 0.6 is 11.3 Å². The van der Waals surface area contributed by atoms with Crippen LogP contribution in [0.5, 0.6) is 0 Å². The highest BCUT2D eigenvalue weighted by Crippen LogP contribution is 2.33. The second kappa shape index (κ2) is 5.35. The van der Waals surface area contributed by atoms with E-state index in [4.69, 9.17) is 0 Å². The van der Waals surface area contributed by atoms with Gasteiger partial charge in [-0.2, -0.15) is 9.36 Å². The van der Waals surface area contributed by atoms with Crippen LogP contribution in [0, 0.1) is 5.92 Å². The maximum Gasteiger partial charge on any atom is 0.369 e. The molecule has 3 heterocycles. The number of thiophene rings is 1. The third-order valence-electron chi connectivity index (χ3n) is 4.32. The fourth-order valence-corrected chi connectivity index (χ4v) is 3.67. The minimum Gasteiger partial charge on any atom is -0.338 e. The summed E-state index contributed by atoms with van der Waals surface area (Å²) in [7, 11) is 0. The number of amides is 1. The van der Waals surface area contributed by atoms with E-state index >= 15 is 0 Å². The Morgan fingerprint density at radius 1 is 1.32 bits per heavy atom. The molecule has 1 atom stereocenters. The highest BCUT2D eigenvalue weighted by atomic mass is 32.1. The molecule has 0 aromatic carbocycles. The molecule has 1 amide bonds. The normalized spacial score (nSPS) is 21.5. The van der Waals surface area contributed by atoms with Crippen LogP contribution in [0.4, 0.5) is 0 Å². The average molecular weight is 319 g/mol. The van der Waals surface area contributed by atoms with Crippen molar-refractivity contribution in [2.75, 3.05) is 6.54 Å². The predicted octanol–water partition coefficient (Wildman–Crippen LogP) is 0.891. The van der Waals surface area contributed by atoms with E-state index in [0.717, 1.165) is 37.2 Å². The molecular weight excluding hydrogens is 302 g/mol. The Hall–Kier alpha value is -1.96. The zero-order chi connectivity index (χ0) is 15.1. The molecule has 116 valence electrons. The van der Waals surface area contributed by atoms with Gasteiger partial charge in [-0.05, 0) is 53.6 Å². The molecule has 1 aliphatic carbocycles. The van der Waals surface area contributed by atoms with Crippen LogP contribution in [0.25, 0.3) is 5.00 Å². The van der Waals surface area contributed by atoms with Gasteiger partial charge in [0.1, 0.15) is 5.00 Å². The van der Waals surface area contributed by atoms with E-state index in [-0.39, 0.29) is 23.6 Å². The number of nitrogens with zero attached hydrogens (tertiary/aromatic N) is 5. The SMILES string of the molecule is O=C(C1CC1)N1CCC[C@@H]1Cn1nnn(-c2cccs2)c1=O. The van der Waals surface area contributed by atoms with Gasteiger partial charge in [0.15, 0.2) is 0 Å². The first kappa shape index (κ1) is 13.7. The largest absolute Gasteiger partial charge is 0.369 e. The van der Waals surface area contributed by atoms with Crippen molar-refractivity contribution in [1.29, 1.82) is 0 Å². The molecule has 1 saturated carbocycles. The van der Waals surface area contributed by atoms with Gasteiger partial charge in [-0.25, -0.2) is 4.79 Å². The molecule has 4 rings (SSSR count). The number of hydrogen-bond acceptors (Lipinski definition) is 5. The van der Waals surface area contributed by atoms with Crippen LogP contribution in [-0.4, -0.2) is 43.2 Å². The van der Waals surface area contributed by atoms with Gasteiger partial charge in [-0.15, -0.1) is 11.3 Å². The number of rotatable bonds is 4. The van der Waals surface area contributed by atoms with Gasteiger partial charge < -0.3 is 4.90 Å². The van der Waals surface area contributed by atoms with Crippen molar-refractivity contribution in [3.63, 3.8) is 0 Å². The summed E-state index contributed by atoms with van der Waals surface area (Å²) in [5, 5.41) is 10.6. The van der Waals surface area contributed by atoms with Crippen molar-refractivity contribution in [1.82, 2.24) is 24.7 Å². The van der Waals surface area contributed by atoms with E-state index in [1.54, 1.807) is 0 Å². The fourth-order valence-electron chi connectivity index (χ4n) is 3.00. The van der Waals surface area contributed by atoms with Crippen LogP contribution < -0.4 is 5.69 Å². The Labute approximate surface area is 131 Å². The summed E-state index contributed by atoms with van der Waals surface area (Å²) in [6, 6.07) is 3.78. The summed E-state index contributed by atoms with van der Waals surface area (Å²) in [6.07, 6.45) is 3.95. The summed E-state index contributed by atoms with van der Waals surface area (Å²) in [5.41, 5.74) is -0.242. The molecule has 22 heavy (non-hydrogen) atoms. The summed E-state index contributed by atoms with van der Waals surface area (Å²) in [4.78, 5) is 26.6. The third-order valence-corrected chi connectivity index (χ3v) is 5.17. The Balaban J connectivity index is 1.53. The molecular formula is C14H17N5O2S. The lowest BCUT2D eigenvalue weighted by Gasteiger charge is -2.24. The maximum atomic E-state index is 12.4. The zero-order valence-electron chi connectivity index (χ0n) is 12.1. The van der Waals surface area contributed by atoms with Crippen molar-refractivity contribution in [2.24, 2.45) is 5.92 Å². The van der Waals surface area contributed by atoms with Gasteiger partial charge in [-0.3, -0.25) is 4.79 Å². The number of likely N-dealkylation sites (tertiary alicyclic amines) is 1. The minimum absolute atomic E-state index is 0.0688. The summed E-state index contributed by atoms with van der Waals surface area (Å²) in [5.74, 6) is 0.473. The van der Waals surface area contributed by atoms with Gasteiger partial charge in [-0.1, -0.05) is 0 Å². The number of aromatic nitrogens is 4. The molecule has 7 nitrogen and oxygen atoms in total. The first-order valence-corrected chi connectivity index (χ1v) is 8.49. The van der Waals surface area contributed by atoms with Crippen LogP contribution in [0.1, 0.15) is 25.7 Å². The molecule has 1 saturated heterocycles. The number of carbonyl (C=O) groups excluding carboxylic acids is 1. The van der Waals surface area contributed by atoms with E-state index in [1.165, 1.54) is 20.7 Å². The molecule has 0 spiro atoms. The molecule has 2 fully saturated rings. The standard InChI is InChI=1S/C14H17N5O2S/c20-13(10-5-6-10)17-7-1-3-11(17)9-18-14(21)19(16-15-18)12-4-2-8-22-12/h2,4,8,10-11H,1,3,5-7,9H2/t11-/m1/s1. The van der Waals surface area contributed by atoms with E-state index < -0.39 is 0 Å². The summed E-state index contributed by atoms with van der Waals surface area (Å²) < 4.78 is 2.69. The van der Waals surface area contributed by atoms with Crippen LogP contribution in [0.2, 0.25) is 0 Å². The van der Waals surface area contributed by atoms with Gasteiger partial charge >= 0.3 is 5.69 Å². The maximum absolute atomic E-state index is 12.4. The Morgan fingerprint density at radius 3 is 2.91 bits per heavy atom. The van der Waals surface area contributed by atoms with Crippen LogP contribution in [-0.2, 0) is 11.3 Å². The molecule has 2 aliphatic rings. The summed E-state index contributed by atoms with van der Waals surface area (Å²) >= 11 is 1.45. The van der Waals surface area contributed by atoms with Gasteiger partial charge in [0.2, 0.25) is 5.91 Å². The van der Waals surface area contributed by atoms with Crippen molar-refractivity contribution >= 4 is 17.2 Å². The van der Waals surface area contributed by atoms with Crippen LogP contribution in [0.15, 0.2) is 22.3 Å². The predicted molar refractivity (Wildman–Crippen MR) is 81.0 cm³/mol. The molecule has 0 radical (unpaired) electrons. The molecule has 1 aliphatic heterocycles. The second-order valence-corrected chi connectivity index (χ2v) is 6.83. The monoisotopic (exact) mass is 319 g/mol. The lowest BCUT2D eigenvalue weighted by atomic mass is 10.2. The average Bonchev–Trinajstić information content (AvgIpc) is 2.90. The van der Waals surface area contributed by atoms with Crippen molar-refractivity contribution < 1.29 is 4.79 Å². The Kier molecular flexibility index (Phi) is 3.33. The molecule has 2 aromatic rings. The lowest BCUT2D eigenvalue weighted by molar-refractivity contribution is -0.133. The Morgan fingerprint density at radius 2 is 2.18 bits per heavy atom. The van der Waals surface area contributed by atoms with E-state index in [1.807, 2.05) is 22.4 Å². The van der Waals surface area contributed by atoms with Gasteiger partial charge in [0.25, 0.3) is 0 Å². The first-order valence-electron chi connectivity index (χ1n) is 7.61. The fraction of sp³-hybridized carbons (Fsp3) is 0.571. The molecule has 8 heteroatoms. The van der Waals surface area contributed by atoms with E-state index in [9.17, 15) is 9.59 Å². The second-order valence-electron chi connectivity index (χ2n) is 5.91. The Bertz CT molecular complexity index is 731. The number of tetrazole rings is 1. The quantitative estimate of drug-likeness (QED) is 0.839. The zero-order valence-corrected chi connectivity index (χ0v) is 12.9. The first-order chi connectivity index (χ1) is 10.7. The minimum atomic E-state index is -0.242. The number of hydrogen-bond donors (Lipinski definition) is 0. The third kappa shape index (κ3) is 2.37. The highest BCUT2D eigenvalue weighted by molar-refractivity contribution is 7.12. The smallest absolute Gasteiger partial charge is 0.338 e. The van der Waals surface area contributed by atoms with E-state index in [2.05, 4.69) is 10.4 Å². The van der Waals surface area contributed by atoms with Crippen molar-refractivity contribution in [3.8, 4) is 5.00 Å². The van der Waals surface area contributed by atoms with Crippen molar-refractivity contribution in [3.05, 3.63) is 28.0 Å². The summed E-state index contributed by atoms with van der Waals surface area (Å²) in [6.45, 7) is 1.23. The number of carbonyl (C=O) groups is 1. The molecule has 2 aromatic heterocycles. The molecule has 0 unspecified atom stereocenters. The van der Waals surface area contributed by atoms with Gasteiger partial charge in [0.05, 0.1) is 12.6 Å². The van der Waals surface area contributed by atoms with E-state index in [0.29, 0.717) is 6.54 Å². The van der Waals surface area contributed by atoms with Crippen molar-refractivity contribution in [2.45, 2.75) is 38.3 Å². The molecule has 0 bridgehead atoms. The van der Waals surface area contributed by atoms with Gasteiger partial charge in [0, 0.05) is 12.5 Å². The highest BCUT2D eigenvalue weighted by Gasteiger charge is 2.38.